The molecule has 0 saturated carbocycles. The van der Waals surface area contributed by atoms with Gasteiger partial charge in [0.1, 0.15) is 12.4 Å². The zero-order valence-corrected chi connectivity index (χ0v) is 19.9. The molecule has 166 valence electrons. The zero-order chi connectivity index (χ0) is 22.3. The fraction of sp³-hybridized carbons (Fsp3) is 0.550. The minimum Gasteiger partial charge on any atom is -0.355 e. The van der Waals surface area contributed by atoms with Gasteiger partial charge in [0.2, 0.25) is 15.9 Å². The van der Waals surface area contributed by atoms with E-state index in [0.717, 1.165) is 33.7 Å². The molecule has 0 saturated heterocycles. The summed E-state index contributed by atoms with van der Waals surface area (Å²) in [6.07, 6.45) is 4.47. The van der Waals surface area contributed by atoms with Gasteiger partial charge in [-0.25, -0.2) is 8.42 Å². The van der Waals surface area contributed by atoms with Crippen LogP contribution in [0.4, 0.5) is 5.69 Å². The number of aryl methyl sites for hydroxylation is 2. The Kier molecular flexibility index (Phi) is 8.72. The van der Waals surface area contributed by atoms with Gasteiger partial charge >= 0.3 is 0 Å². The van der Waals surface area contributed by atoms with E-state index in [4.69, 9.17) is 0 Å². The molecule has 0 radical (unpaired) electrons. The number of rotatable bonds is 11. The highest BCUT2D eigenvalue weighted by Crippen LogP contribution is 2.21. The van der Waals surface area contributed by atoms with Crippen molar-refractivity contribution in [2.75, 3.05) is 29.9 Å². The van der Waals surface area contributed by atoms with Crippen LogP contribution >= 0.6 is 11.8 Å². The van der Waals surface area contributed by atoms with Gasteiger partial charge in [0.05, 0.1) is 11.9 Å². The van der Waals surface area contributed by atoms with Crippen LogP contribution in [0, 0.1) is 12.8 Å². The molecule has 30 heavy (non-hydrogen) atoms. The molecule has 0 aliphatic rings. The molecule has 8 nitrogen and oxygen atoms in total. The lowest BCUT2D eigenvalue weighted by molar-refractivity contribution is -0.119. The smallest absolute Gasteiger partial charge is 0.240 e. The fourth-order valence-electron chi connectivity index (χ4n) is 3.09. The first-order valence-corrected chi connectivity index (χ1v) is 13.0. The molecule has 0 spiro atoms. The van der Waals surface area contributed by atoms with Crippen molar-refractivity contribution in [2.24, 2.45) is 5.92 Å². The number of para-hydroxylation sites is 1. The van der Waals surface area contributed by atoms with Gasteiger partial charge in [0, 0.05) is 19.5 Å². The summed E-state index contributed by atoms with van der Waals surface area (Å²) in [6, 6.07) is 7.12. The molecule has 1 aromatic carbocycles. The number of sulfonamides is 1. The Labute approximate surface area is 183 Å². The summed E-state index contributed by atoms with van der Waals surface area (Å²) in [5, 5.41) is 12.2. The number of amides is 1. The average Bonchev–Trinajstić information content (AvgIpc) is 3.04. The molecule has 2 aromatic rings. The lowest BCUT2D eigenvalue weighted by Crippen LogP contribution is -2.41. The molecular formula is C20H31N5O3S2. The van der Waals surface area contributed by atoms with Crippen molar-refractivity contribution in [1.29, 1.82) is 0 Å². The van der Waals surface area contributed by atoms with Crippen molar-refractivity contribution in [3.05, 3.63) is 35.7 Å². The number of aromatic nitrogens is 3. The highest BCUT2D eigenvalue weighted by atomic mass is 32.2. The lowest BCUT2D eigenvalue weighted by Gasteiger charge is -2.23. The number of carbonyl (C=O) groups is 1. The van der Waals surface area contributed by atoms with E-state index >= 15 is 0 Å². The molecule has 0 bridgehead atoms. The first-order chi connectivity index (χ1) is 14.1. The Balaban J connectivity index is 1.93. The fourth-order valence-corrected chi connectivity index (χ4v) is 4.53. The standard InChI is InChI=1S/C20H31N5O3S2/c1-15(2)13-24-18(22-23-20(24)29-4)11-8-12-21-19(26)14-25(30(5,27)28)17-10-7-6-9-16(17)3/h6-7,9-10,15H,8,11-14H2,1-5H3,(H,21,26). The van der Waals surface area contributed by atoms with Crippen molar-refractivity contribution in [2.45, 2.75) is 45.3 Å². The predicted octanol–water partition coefficient (Wildman–Crippen LogP) is 2.48. The summed E-state index contributed by atoms with van der Waals surface area (Å²) in [7, 11) is -3.58. The number of benzene rings is 1. The highest BCUT2D eigenvalue weighted by molar-refractivity contribution is 7.98. The Hall–Kier alpha value is -2.07. The van der Waals surface area contributed by atoms with Crippen LogP contribution in [0.2, 0.25) is 0 Å². The molecule has 2 rings (SSSR count). The maximum atomic E-state index is 12.4. The highest BCUT2D eigenvalue weighted by Gasteiger charge is 2.22. The van der Waals surface area contributed by atoms with Crippen LogP contribution in [0.1, 0.15) is 31.7 Å². The quantitative estimate of drug-likeness (QED) is 0.415. The summed E-state index contributed by atoms with van der Waals surface area (Å²) >= 11 is 1.57. The Morgan fingerprint density at radius 3 is 2.57 bits per heavy atom. The van der Waals surface area contributed by atoms with E-state index in [-0.39, 0.29) is 12.5 Å². The normalized spacial score (nSPS) is 11.7. The number of carbonyl (C=O) groups excluding carboxylic acids is 1. The summed E-state index contributed by atoms with van der Waals surface area (Å²) in [6.45, 7) is 7.16. The SMILES string of the molecule is CSc1nnc(CCCNC(=O)CN(c2ccccc2C)S(C)(=O)=O)n1CC(C)C. The number of hydrogen-bond donors (Lipinski definition) is 1. The van der Waals surface area contributed by atoms with Gasteiger partial charge in [-0.15, -0.1) is 10.2 Å². The number of nitrogens with one attached hydrogen (secondary N) is 1. The summed E-state index contributed by atoms with van der Waals surface area (Å²) in [5.41, 5.74) is 1.31. The molecular weight excluding hydrogens is 422 g/mol. The average molecular weight is 454 g/mol. The Bertz CT molecular complexity index is 957. The molecule has 0 aliphatic heterocycles. The van der Waals surface area contributed by atoms with E-state index in [9.17, 15) is 13.2 Å². The molecule has 1 amide bonds. The minimum absolute atomic E-state index is 0.246. The third-order valence-electron chi connectivity index (χ3n) is 4.49. The van der Waals surface area contributed by atoms with Gasteiger partial charge in [-0.2, -0.15) is 0 Å². The van der Waals surface area contributed by atoms with Crippen LogP contribution < -0.4 is 9.62 Å². The van der Waals surface area contributed by atoms with Crippen LogP contribution in [0.25, 0.3) is 0 Å². The summed E-state index contributed by atoms with van der Waals surface area (Å²) in [4.78, 5) is 12.4. The number of thioether (sulfide) groups is 1. The van der Waals surface area contributed by atoms with E-state index in [0.29, 0.717) is 31.0 Å². The molecule has 0 fully saturated rings. The van der Waals surface area contributed by atoms with Crippen LogP contribution in [-0.4, -0.2) is 54.7 Å². The lowest BCUT2D eigenvalue weighted by atomic mass is 10.2. The first-order valence-electron chi connectivity index (χ1n) is 9.89. The molecule has 0 aliphatic carbocycles. The predicted molar refractivity (Wildman–Crippen MR) is 121 cm³/mol. The summed E-state index contributed by atoms with van der Waals surface area (Å²) < 4.78 is 27.7. The molecule has 0 unspecified atom stereocenters. The van der Waals surface area contributed by atoms with Crippen molar-refractivity contribution < 1.29 is 13.2 Å². The van der Waals surface area contributed by atoms with Crippen LogP contribution in [0.15, 0.2) is 29.4 Å². The number of anilines is 1. The zero-order valence-electron chi connectivity index (χ0n) is 18.3. The van der Waals surface area contributed by atoms with Gasteiger partial charge < -0.3 is 9.88 Å². The van der Waals surface area contributed by atoms with Crippen LogP contribution in [0.5, 0.6) is 0 Å². The second-order valence-corrected chi connectivity index (χ2v) is 10.3. The monoisotopic (exact) mass is 453 g/mol. The van der Waals surface area contributed by atoms with Gasteiger partial charge in [-0.05, 0) is 37.1 Å². The minimum atomic E-state index is -3.58. The van der Waals surface area contributed by atoms with Gasteiger partial charge in [0.15, 0.2) is 5.16 Å². The second kappa shape index (κ2) is 10.8. The Morgan fingerprint density at radius 2 is 1.97 bits per heavy atom. The second-order valence-electron chi connectivity index (χ2n) is 7.62. The third-order valence-corrected chi connectivity index (χ3v) is 6.29. The van der Waals surface area contributed by atoms with Crippen LogP contribution in [0.3, 0.4) is 0 Å². The van der Waals surface area contributed by atoms with E-state index in [2.05, 4.69) is 33.9 Å². The van der Waals surface area contributed by atoms with Gasteiger partial charge in [-0.1, -0.05) is 43.8 Å². The molecule has 1 heterocycles. The van der Waals surface area contributed by atoms with Crippen molar-refractivity contribution in [3.8, 4) is 0 Å². The van der Waals surface area contributed by atoms with E-state index in [1.54, 1.807) is 23.9 Å². The van der Waals surface area contributed by atoms with Crippen LogP contribution in [-0.2, 0) is 27.8 Å². The van der Waals surface area contributed by atoms with Crippen molar-refractivity contribution in [3.63, 3.8) is 0 Å². The maximum Gasteiger partial charge on any atom is 0.240 e. The van der Waals surface area contributed by atoms with Crippen molar-refractivity contribution in [1.82, 2.24) is 20.1 Å². The molecule has 0 atom stereocenters. The molecule has 1 aromatic heterocycles. The van der Waals surface area contributed by atoms with Gasteiger partial charge in [-0.3, -0.25) is 9.10 Å². The first kappa shape index (κ1) is 24.2. The number of nitrogens with zero attached hydrogens (tertiary/aromatic N) is 4. The number of hydrogen-bond acceptors (Lipinski definition) is 6. The third kappa shape index (κ3) is 6.73. The summed E-state index contributed by atoms with van der Waals surface area (Å²) in [5.74, 6) is 1.05. The van der Waals surface area contributed by atoms with E-state index in [1.807, 2.05) is 25.3 Å². The molecule has 1 N–H and O–H groups in total. The Morgan fingerprint density at radius 1 is 1.27 bits per heavy atom. The van der Waals surface area contributed by atoms with E-state index < -0.39 is 10.0 Å². The maximum absolute atomic E-state index is 12.4. The van der Waals surface area contributed by atoms with Gasteiger partial charge in [0.25, 0.3) is 0 Å². The molecule has 10 heteroatoms. The van der Waals surface area contributed by atoms with Crippen molar-refractivity contribution >= 4 is 33.4 Å². The van der Waals surface area contributed by atoms with E-state index in [1.165, 1.54) is 0 Å². The topological polar surface area (TPSA) is 97.2 Å². The largest absolute Gasteiger partial charge is 0.355 e.